The second-order valence-electron chi connectivity index (χ2n) is 14.5. The summed E-state index contributed by atoms with van der Waals surface area (Å²) in [4.78, 5) is 2.56. The maximum absolute atomic E-state index is 6.61. The van der Waals surface area contributed by atoms with Crippen LogP contribution in [-0.4, -0.2) is 6.71 Å². The van der Waals surface area contributed by atoms with Crippen LogP contribution in [0.15, 0.2) is 156 Å². The molecule has 2 nitrogen and oxygen atoms in total. The number of hydrogen-bond acceptors (Lipinski definition) is 2. The zero-order chi connectivity index (χ0) is 32.9. The average Bonchev–Trinajstić information content (AvgIpc) is 3.67. The van der Waals surface area contributed by atoms with E-state index in [9.17, 15) is 0 Å². The van der Waals surface area contributed by atoms with Crippen molar-refractivity contribution in [2.45, 2.75) is 26.2 Å². The molecule has 0 radical (unpaired) electrons. The fourth-order valence-corrected chi connectivity index (χ4v) is 8.32. The second-order valence-corrected chi connectivity index (χ2v) is 14.5. The Bertz CT molecular complexity index is 2590. The van der Waals surface area contributed by atoms with E-state index in [0.29, 0.717) is 0 Å². The molecule has 49 heavy (non-hydrogen) atoms. The number of hydrogen-bond donors (Lipinski definition) is 0. The lowest BCUT2D eigenvalue weighted by Crippen LogP contribution is -2.54. The topological polar surface area (TPSA) is 16.4 Å². The summed E-state index contributed by atoms with van der Waals surface area (Å²) in [5.74, 6) is 0. The number of benzene rings is 7. The summed E-state index contributed by atoms with van der Waals surface area (Å²) < 4.78 is 6.61. The van der Waals surface area contributed by atoms with E-state index in [1.807, 2.05) is 0 Å². The summed E-state index contributed by atoms with van der Waals surface area (Å²) >= 11 is 0. The van der Waals surface area contributed by atoms with Gasteiger partial charge >= 0.3 is 0 Å². The van der Waals surface area contributed by atoms with Crippen molar-refractivity contribution >= 4 is 62.1 Å². The molecule has 3 heteroatoms. The Morgan fingerprint density at radius 1 is 0.490 bits per heavy atom. The molecule has 10 rings (SSSR count). The summed E-state index contributed by atoms with van der Waals surface area (Å²) in [7, 11) is 0. The zero-order valence-electron chi connectivity index (χ0n) is 27.9. The second kappa shape index (κ2) is 10.4. The van der Waals surface area contributed by atoms with Crippen molar-refractivity contribution in [2.24, 2.45) is 0 Å². The minimum Gasteiger partial charge on any atom is -0.456 e. The van der Waals surface area contributed by atoms with Crippen molar-refractivity contribution in [3.05, 3.63) is 157 Å². The van der Waals surface area contributed by atoms with Crippen molar-refractivity contribution in [2.75, 3.05) is 4.90 Å². The third-order valence-corrected chi connectivity index (χ3v) is 10.6. The lowest BCUT2D eigenvalue weighted by Gasteiger charge is -2.39. The zero-order valence-corrected chi connectivity index (χ0v) is 27.9. The highest BCUT2D eigenvalue weighted by Crippen LogP contribution is 2.49. The van der Waals surface area contributed by atoms with Crippen LogP contribution >= 0.6 is 0 Å². The molecule has 8 aromatic rings. The van der Waals surface area contributed by atoms with Crippen LogP contribution in [0, 0.1) is 0 Å². The van der Waals surface area contributed by atoms with E-state index < -0.39 is 0 Å². The van der Waals surface area contributed by atoms with Gasteiger partial charge in [0.25, 0.3) is 0 Å². The molecule has 0 saturated heterocycles. The molecular weight excluding hydrogens is 593 g/mol. The Labute approximate surface area is 287 Å². The van der Waals surface area contributed by atoms with Gasteiger partial charge in [-0.05, 0) is 62.4 Å². The summed E-state index contributed by atoms with van der Waals surface area (Å²) in [6.45, 7) is 6.99. The van der Waals surface area contributed by atoms with E-state index in [4.69, 9.17) is 4.42 Å². The van der Waals surface area contributed by atoms with E-state index >= 15 is 0 Å². The molecule has 0 bridgehead atoms. The van der Waals surface area contributed by atoms with Gasteiger partial charge in [-0.3, -0.25) is 0 Å². The van der Waals surface area contributed by atoms with Crippen LogP contribution < -0.4 is 21.3 Å². The maximum Gasteiger partial charge on any atom is 0.248 e. The number of para-hydroxylation sites is 1. The largest absolute Gasteiger partial charge is 0.456 e. The minimum atomic E-state index is -0.00175. The van der Waals surface area contributed by atoms with Crippen LogP contribution in [0.5, 0.6) is 0 Å². The standard InChI is InChI=1S/C46H34BNO/c1-46(2,3)31-22-25-40(36(26-31)30-16-8-5-9-17-30)48-41-28-43-37(34-19-11-13-21-42(34)49-43)27-39(41)47-38-20-12-10-18-33(38)35-24-23-32(45(48)44(35)47)29-14-6-4-7-15-29/h4-28H,1-3H3. The average molecular weight is 628 g/mol. The quantitative estimate of drug-likeness (QED) is 0.181. The van der Waals surface area contributed by atoms with E-state index in [1.165, 1.54) is 61.0 Å². The molecule has 0 unspecified atom stereocenters. The van der Waals surface area contributed by atoms with E-state index in [1.54, 1.807) is 0 Å². The van der Waals surface area contributed by atoms with Gasteiger partial charge in [0, 0.05) is 39.3 Å². The Balaban J connectivity index is 1.37. The van der Waals surface area contributed by atoms with Gasteiger partial charge in [0.2, 0.25) is 6.71 Å². The SMILES string of the molecule is CC(C)(C)c1ccc(N2c3cc4oc5ccccc5c4cc3B3c4ccccc4-c4ccc(-c5ccccc5)c2c43)c(-c2ccccc2)c1. The highest BCUT2D eigenvalue weighted by atomic mass is 16.3. The van der Waals surface area contributed by atoms with Gasteiger partial charge in [-0.2, -0.15) is 0 Å². The van der Waals surface area contributed by atoms with Crippen molar-refractivity contribution < 1.29 is 4.42 Å². The fraction of sp³-hybridized carbons (Fsp3) is 0.0870. The first kappa shape index (κ1) is 28.2. The number of anilines is 3. The van der Waals surface area contributed by atoms with Gasteiger partial charge in [0.05, 0.1) is 5.69 Å². The van der Waals surface area contributed by atoms with Crippen LogP contribution in [0.4, 0.5) is 17.1 Å². The number of nitrogens with zero attached hydrogens (tertiary/aromatic N) is 1. The Kier molecular flexibility index (Phi) is 5.96. The molecule has 7 aromatic carbocycles. The highest BCUT2D eigenvalue weighted by Gasteiger charge is 2.44. The van der Waals surface area contributed by atoms with E-state index in [0.717, 1.165) is 33.3 Å². The van der Waals surface area contributed by atoms with Gasteiger partial charge in [0.15, 0.2) is 0 Å². The Morgan fingerprint density at radius 2 is 1.16 bits per heavy atom. The van der Waals surface area contributed by atoms with Crippen molar-refractivity contribution in [3.63, 3.8) is 0 Å². The lowest BCUT2D eigenvalue weighted by molar-refractivity contribution is 0.590. The first-order valence-corrected chi connectivity index (χ1v) is 17.2. The molecule has 0 atom stereocenters. The third kappa shape index (κ3) is 4.15. The number of rotatable bonds is 3. The molecular formula is C46H34BNO. The van der Waals surface area contributed by atoms with Gasteiger partial charge in [0.1, 0.15) is 11.2 Å². The summed E-state index contributed by atoms with van der Waals surface area (Å²) in [5.41, 5.74) is 18.2. The lowest BCUT2D eigenvalue weighted by atomic mass is 9.37. The molecule has 3 heterocycles. The number of furan rings is 1. The van der Waals surface area contributed by atoms with Crippen LogP contribution in [0.3, 0.4) is 0 Å². The smallest absolute Gasteiger partial charge is 0.248 e. The first-order valence-electron chi connectivity index (χ1n) is 17.2. The van der Waals surface area contributed by atoms with Crippen LogP contribution in [0.2, 0.25) is 0 Å². The molecule has 0 spiro atoms. The minimum absolute atomic E-state index is 0.00175. The number of fused-ring (bicyclic) bond motifs is 8. The summed E-state index contributed by atoms with van der Waals surface area (Å²) in [5, 5.41) is 2.32. The molecule has 2 aliphatic rings. The molecule has 2 aliphatic heterocycles. The van der Waals surface area contributed by atoms with Crippen LogP contribution in [-0.2, 0) is 5.41 Å². The molecule has 0 saturated carbocycles. The Morgan fingerprint density at radius 3 is 1.94 bits per heavy atom. The predicted molar refractivity (Wildman–Crippen MR) is 208 cm³/mol. The summed E-state index contributed by atoms with van der Waals surface area (Å²) in [6, 6.07) is 55.7. The summed E-state index contributed by atoms with van der Waals surface area (Å²) in [6.07, 6.45) is 0. The fourth-order valence-electron chi connectivity index (χ4n) is 8.32. The van der Waals surface area contributed by atoms with Crippen molar-refractivity contribution in [1.82, 2.24) is 0 Å². The Hall–Kier alpha value is -5.80. The van der Waals surface area contributed by atoms with Crippen LogP contribution in [0.1, 0.15) is 26.3 Å². The van der Waals surface area contributed by atoms with Gasteiger partial charge in [-0.1, -0.05) is 154 Å². The maximum atomic E-state index is 6.61. The molecule has 0 amide bonds. The predicted octanol–water partition coefficient (Wildman–Crippen LogP) is 10.5. The first-order chi connectivity index (χ1) is 24.0. The van der Waals surface area contributed by atoms with Gasteiger partial charge < -0.3 is 9.32 Å². The molecule has 0 aliphatic carbocycles. The van der Waals surface area contributed by atoms with E-state index in [2.05, 4.69) is 177 Å². The highest BCUT2D eigenvalue weighted by molar-refractivity contribution is 7.01. The molecule has 232 valence electrons. The van der Waals surface area contributed by atoms with Crippen molar-refractivity contribution in [1.29, 1.82) is 0 Å². The van der Waals surface area contributed by atoms with Crippen LogP contribution in [0.25, 0.3) is 55.3 Å². The van der Waals surface area contributed by atoms with E-state index in [-0.39, 0.29) is 12.1 Å². The molecule has 0 fully saturated rings. The van der Waals surface area contributed by atoms with Gasteiger partial charge in [-0.15, -0.1) is 0 Å². The molecule has 1 aromatic heterocycles. The molecule has 0 N–H and O–H groups in total. The monoisotopic (exact) mass is 627 g/mol. The normalized spacial score (nSPS) is 13.1. The van der Waals surface area contributed by atoms with Crippen molar-refractivity contribution in [3.8, 4) is 33.4 Å². The third-order valence-electron chi connectivity index (χ3n) is 10.6. The van der Waals surface area contributed by atoms with Gasteiger partial charge in [-0.25, -0.2) is 0 Å².